The Morgan fingerprint density at radius 1 is 1.45 bits per heavy atom. The molecule has 0 amide bonds. The minimum atomic E-state index is -0.926. The molecule has 1 aromatic carbocycles. The van der Waals surface area contributed by atoms with Gasteiger partial charge >= 0.3 is 5.97 Å². The summed E-state index contributed by atoms with van der Waals surface area (Å²) < 4.78 is 14.7. The third-order valence-electron chi connectivity index (χ3n) is 3.04. The van der Waals surface area contributed by atoms with Crippen LogP contribution in [0.15, 0.2) is 24.3 Å². The number of nitrogens with zero attached hydrogens (tertiary/aromatic N) is 4. The standard InChI is InChI=1S/C13H15FN4O2/c1-8(2)11(7-12(19)20)18-13(15-16-17-18)9-4-3-5-10(14)6-9/h3-6,8,11H,7H2,1-2H3,(H,19,20). The van der Waals surface area contributed by atoms with E-state index in [0.29, 0.717) is 11.4 Å². The Morgan fingerprint density at radius 2 is 2.20 bits per heavy atom. The molecule has 20 heavy (non-hydrogen) atoms. The van der Waals surface area contributed by atoms with Crippen molar-refractivity contribution in [3.63, 3.8) is 0 Å². The zero-order chi connectivity index (χ0) is 14.7. The van der Waals surface area contributed by atoms with Gasteiger partial charge in [-0.2, -0.15) is 0 Å². The molecule has 0 fully saturated rings. The molecule has 1 aromatic heterocycles. The third kappa shape index (κ3) is 2.98. The van der Waals surface area contributed by atoms with Crippen molar-refractivity contribution in [2.75, 3.05) is 0 Å². The van der Waals surface area contributed by atoms with Crippen LogP contribution in [0.2, 0.25) is 0 Å². The summed E-state index contributed by atoms with van der Waals surface area (Å²) in [6, 6.07) is 5.50. The first-order valence-corrected chi connectivity index (χ1v) is 6.24. The lowest BCUT2D eigenvalue weighted by molar-refractivity contribution is -0.138. The van der Waals surface area contributed by atoms with Crippen LogP contribution in [0.1, 0.15) is 26.3 Å². The molecule has 0 radical (unpaired) electrons. The Bertz CT molecular complexity index is 612. The maximum absolute atomic E-state index is 13.3. The number of hydrogen-bond donors (Lipinski definition) is 1. The highest BCUT2D eigenvalue weighted by atomic mass is 19.1. The fraction of sp³-hybridized carbons (Fsp3) is 0.385. The van der Waals surface area contributed by atoms with Crippen molar-refractivity contribution in [3.05, 3.63) is 30.1 Å². The summed E-state index contributed by atoms with van der Waals surface area (Å²) in [4.78, 5) is 11.0. The first-order valence-electron chi connectivity index (χ1n) is 6.24. The molecule has 1 unspecified atom stereocenters. The molecule has 0 aliphatic rings. The average Bonchev–Trinajstić information content (AvgIpc) is 2.84. The highest BCUT2D eigenvalue weighted by Gasteiger charge is 2.24. The van der Waals surface area contributed by atoms with Crippen LogP contribution in [0.5, 0.6) is 0 Å². The number of halogens is 1. The molecule has 1 atom stereocenters. The first-order chi connectivity index (χ1) is 9.49. The lowest BCUT2D eigenvalue weighted by Gasteiger charge is -2.20. The van der Waals surface area contributed by atoms with Crippen LogP contribution in [-0.4, -0.2) is 31.3 Å². The van der Waals surface area contributed by atoms with E-state index >= 15 is 0 Å². The van der Waals surface area contributed by atoms with Gasteiger partial charge in [0.15, 0.2) is 5.82 Å². The highest BCUT2D eigenvalue weighted by molar-refractivity contribution is 5.67. The summed E-state index contributed by atoms with van der Waals surface area (Å²) >= 11 is 0. The average molecular weight is 278 g/mol. The molecule has 6 nitrogen and oxygen atoms in total. The molecule has 0 bridgehead atoms. The zero-order valence-electron chi connectivity index (χ0n) is 11.2. The number of carboxylic acids is 1. The Morgan fingerprint density at radius 3 is 2.80 bits per heavy atom. The fourth-order valence-electron chi connectivity index (χ4n) is 2.02. The SMILES string of the molecule is CC(C)C(CC(=O)O)n1nnnc1-c1cccc(F)c1. The van der Waals surface area contributed by atoms with Gasteiger partial charge in [0, 0.05) is 5.56 Å². The number of carboxylic acid groups (broad SMARTS) is 1. The molecule has 0 aliphatic carbocycles. The van der Waals surface area contributed by atoms with E-state index in [-0.39, 0.29) is 18.4 Å². The van der Waals surface area contributed by atoms with Crippen molar-refractivity contribution in [1.82, 2.24) is 20.2 Å². The van der Waals surface area contributed by atoms with Gasteiger partial charge < -0.3 is 5.11 Å². The van der Waals surface area contributed by atoms with Gasteiger partial charge in [0.2, 0.25) is 0 Å². The summed E-state index contributed by atoms with van der Waals surface area (Å²) in [6.45, 7) is 3.79. The molecule has 0 saturated carbocycles. The third-order valence-corrected chi connectivity index (χ3v) is 3.04. The van der Waals surface area contributed by atoms with Gasteiger partial charge in [-0.1, -0.05) is 26.0 Å². The molecular formula is C13H15FN4O2. The normalized spacial score (nSPS) is 12.6. The molecule has 106 valence electrons. The van der Waals surface area contributed by atoms with E-state index < -0.39 is 11.8 Å². The quantitative estimate of drug-likeness (QED) is 0.906. The van der Waals surface area contributed by atoms with Gasteiger partial charge in [0.1, 0.15) is 5.82 Å². The smallest absolute Gasteiger partial charge is 0.305 e. The van der Waals surface area contributed by atoms with Gasteiger partial charge in [0.25, 0.3) is 0 Å². The fourth-order valence-corrected chi connectivity index (χ4v) is 2.02. The Hall–Kier alpha value is -2.31. The lowest BCUT2D eigenvalue weighted by atomic mass is 10.0. The number of rotatable bonds is 5. The lowest BCUT2D eigenvalue weighted by Crippen LogP contribution is -2.21. The largest absolute Gasteiger partial charge is 0.481 e. The van der Waals surface area contributed by atoms with Gasteiger partial charge in [-0.25, -0.2) is 9.07 Å². The summed E-state index contributed by atoms with van der Waals surface area (Å²) in [7, 11) is 0. The number of hydrogen-bond acceptors (Lipinski definition) is 4. The molecule has 1 heterocycles. The van der Waals surface area contributed by atoms with E-state index in [1.165, 1.54) is 16.8 Å². The van der Waals surface area contributed by atoms with Crippen LogP contribution < -0.4 is 0 Å². The van der Waals surface area contributed by atoms with Gasteiger partial charge in [-0.3, -0.25) is 4.79 Å². The molecule has 0 spiro atoms. The van der Waals surface area contributed by atoms with Gasteiger partial charge in [-0.05, 0) is 28.5 Å². The molecule has 1 N–H and O–H groups in total. The topological polar surface area (TPSA) is 80.9 Å². The van der Waals surface area contributed by atoms with E-state index in [1.807, 2.05) is 13.8 Å². The zero-order valence-corrected chi connectivity index (χ0v) is 11.2. The number of carbonyl (C=O) groups is 1. The molecular weight excluding hydrogens is 263 g/mol. The van der Waals surface area contributed by atoms with E-state index in [1.54, 1.807) is 12.1 Å². The van der Waals surface area contributed by atoms with Crippen LogP contribution in [0.3, 0.4) is 0 Å². The van der Waals surface area contributed by atoms with Crippen molar-refractivity contribution in [2.45, 2.75) is 26.3 Å². The van der Waals surface area contributed by atoms with Crippen LogP contribution in [-0.2, 0) is 4.79 Å². The van der Waals surface area contributed by atoms with Crippen molar-refractivity contribution in [2.24, 2.45) is 5.92 Å². The Balaban J connectivity index is 2.43. The van der Waals surface area contributed by atoms with Gasteiger partial charge in [-0.15, -0.1) is 5.10 Å². The minimum Gasteiger partial charge on any atom is -0.481 e. The highest BCUT2D eigenvalue weighted by Crippen LogP contribution is 2.26. The maximum atomic E-state index is 13.3. The van der Waals surface area contributed by atoms with E-state index in [2.05, 4.69) is 15.5 Å². The summed E-state index contributed by atoms with van der Waals surface area (Å²) in [5.74, 6) is -0.924. The van der Waals surface area contributed by atoms with Crippen LogP contribution in [0.25, 0.3) is 11.4 Å². The number of tetrazole rings is 1. The van der Waals surface area contributed by atoms with Crippen molar-refractivity contribution < 1.29 is 14.3 Å². The van der Waals surface area contributed by atoms with Crippen LogP contribution >= 0.6 is 0 Å². The van der Waals surface area contributed by atoms with Crippen LogP contribution in [0, 0.1) is 11.7 Å². The second-order valence-electron chi connectivity index (χ2n) is 4.87. The molecule has 2 rings (SSSR count). The predicted octanol–water partition coefficient (Wildman–Crippen LogP) is 2.15. The van der Waals surface area contributed by atoms with Gasteiger partial charge in [0.05, 0.1) is 12.5 Å². The van der Waals surface area contributed by atoms with Crippen molar-refractivity contribution in [1.29, 1.82) is 0 Å². The minimum absolute atomic E-state index is 0.0295. The van der Waals surface area contributed by atoms with E-state index in [0.717, 1.165) is 0 Å². The molecule has 0 aliphatic heterocycles. The first kappa shape index (κ1) is 14.1. The van der Waals surface area contributed by atoms with E-state index in [9.17, 15) is 9.18 Å². The molecule has 2 aromatic rings. The summed E-state index contributed by atoms with van der Waals surface area (Å²) in [5, 5.41) is 20.3. The van der Waals surface area contributed by atoms with E-state index in [4.69, 9.17) is 5.11 Å². The monoisotopic (exact) mass is 278 g/mol. The molecule has 0 saturated heterocycles. The predicted molar refractivity (Wildman–Crippen MR) is 69.3 cm³/mol. The Kier molecular flexibility index (Phi) is 4.07. The second kappa shape index (κ2) is 5.77. The Labute approximate surface area is 115 Å². The maximum Gasteiger partial charge on any atom is 0.305 e. The second-order valence-corrected chi connectivity index (χ2v) is 4.87. The number of aromatic nitrogens is 4. The van der Waals surface area contributed by atoms with Crippen molar-refractivity contribution in [3.8, 4) is 11.4 Å². The summed E-state index contributed by atoms with van der Waals surface area (Å²) in [5.41, 5.74) is 0.519. The molecule has 7 heteroatoms. The number of aliphatic carboxylic acids is 1. The van der Waals surface area contributed by atoms with Crippen molar-refractivity contribution >= 4 is 5.97 Å². The van der Waals surface area contributed by atoms with Crippen LogP contribution in [0.4, 0.5) is 4.39 Å². The summed E-state index contributed by atoms with van der Waals surface area (Å²) in [6.07, 6.45) is -0.0922. The number of benzene rings is 1.